The van der Waals surface area contributed by atoms with E-state index in [1.807, 2.05) is 68.4 Å². The molecule has 0 saturated carbocycles. The van der Waals surface area contributed by atoms with Gasteiger partial charge in [0.05, 0.1) is 10.6 Å². The molecule has 0 radical (unpaired) electrons. The van der Waals surface area contributed by atoms with E-state index in [9.17, 15) is 18.0 Å². The topological polar surface area (TPSA) is 86.8 Å². The number of amides is 2. The monoisotopic (exact) mass is 695 g/mol. The summed E-state index contributed by atoms with van der Waals surface area (Å²) in [6, 6.07) is 28.7. The lowest BCUT2D eigenvalue weighted by Crippen LogP contribution is -2.54. The van der Waals surface area contributed by atoms with Gasteiger partial charge in [0.1, 0.15) is 12.6 Å². The molecule has 0 unspecified atom stereocenters. The van der Waals surface area contributed by atoms with E-state index in [2.05, 4.69) is 21.2 Å². The Morgan fingerprint density at radius 1 is 0.864 bits per heavy atom. The van der Waals surface area contributed by atoms with Crippen LogP contribution in [-0.2, 0) is 32.6 Å². The van der Waals surface area contributed by atoms with Crippen molar-refractivity contribution in [3.63, 3.8) is 0 Å². The molecule has 2 amide bonds. The second-order valence-electron chi connectivity index (χ2n) is 10.8. The van der Waals surface area contributed by atoms with Crippen molar-refractivity contribution in [1.29, 1.82) is 0 Å². The van der Waals surface area contributed by atoms with Crippen LogP contribution in [0.15, 0.2) is 112 Å². The molecular formula is C34H35BrClN3O4S. The zero-order valence-corrected chi connectivity index (χ0v) is 27.9. The van der Waals surface area contributed by atoms with Crippen molar-refractivity contribution >= 4 is 55.1 Å². The highest BCUT2D eigenvalue weighted by Crippen LogP contribution is 2.29. The first-order valence-corrected chi connectivity index (χ1v) is 16.8. The molecule has 0 aliphatic rings. The van der Waals surface area contributed by atoms with E-state index in [0.29, 0.717) is 16.3 Å². The molecule has 1 atom stereocenters. The number of halogens is 2. The maximum atomic E-state index is 14.5. The summed E-state index contributed by atoms with van der Waals surface area (Å²) in [6.07, 6.45) is 0.243. The smallest absolute Gasteiger partial charge is 0.264 e. The summed E-state index contributed by atoms with van der Waals surface area (Å²) in [5.74, 6) is -0.851. The van der Waals surface area contributed by atoms with Gasteiger partial charge >= 0.3 is 0 Å². The third-order valence-corrected chi connectivity index (χ3v) is 9.54. The van der Waals surface area contributed by atoms with Crippen molar-refractivity contribution in [2.45, 2.75) is 50.7 Å². The molecule has 0 aliphatic heterocycles. The fraction of sp³-hybridized carbons (Fsp3) is 0.235. The Kier molecular flexibility index (Phi) is 11.2. The van der Waals surface area contributed by atoms with Gasteiger partial charge in [-0.2, -0.15) is 0 Å². The standard InChI is InChI=1S/C34H35BrClN3O4S/c1-24(2)37-34(41)32(21-26-10-6-4-7-11-26)38(22-27-14-16-28(35)17-15-27)33(40)23-39(31-19-18-29(36)20-25(31)3)44(42,43)30-12-8-5-9-13-30/h4-20,24,32H,21-23H2,1-3H3,(H,37,41)/t32-/m1/s1. The lowest BCUT2D eigenvalue weighted by Gasteiger charge is -2.34. The highest BCUT2D eigenvalue weighted by atomic mass is 79.9. The van der Waals surface area contributed by atoms with E-state index in [1.165, 1.54) is 17.0 Å². The molecule has 4 rings (SSSR count). The van der Waals surface area contributed by atoms with Crippen molar-refractivity contribution < 1.29 is 18.0 Å². The van der Waals surface area contributed by atoms with Gasteiger partial charge in [-0.05, 0) is 79.9 Å². The van der Waals surface area contributed by atoms with Crippen molar-refractivity contribution in [2.75, 3.05) is 10.8 Å². The van der Waals surface area contributed by atoms with Crippen LogP contribution in [0.3, 0.4) is 0 Å². The molecule has 0 aromatic heterocycles. The summed E-state index contributed by atoms with van der Waals surface area (Å²) in [5.41, 5.74) is 2.56. The summed E-state index contributed by atoms with van der Waals surface area (Å²) in [7, 11) is -4.18. The Balaban J connectivity index is 1.82. The third-order valence-electron chi connectivity index (χ3n) is 7.01. The molecular weight excluding hydrogens is 662 g/mol. The predicted octanol–water partition coefficient (Wildman–Crippen LogP) is 6.77. The van der Waals surface area contributed by atoms with Crippen LogP contribution in [0.5, 0.6) is 0 Å². The minimum atomic E-state index is -4.18. The first kappa shape index (κ1) is 33.2. The van der Waals surface area contributed by atoms with Gasteiger partial charge < -0.3 is 10.2 Å². The number of aryl methyl sites for hydroxylation is 1. The van der Waals surface area contributed by atoms with Crippen LogP contribution in [0.25, 0.3) is 0 Å². The number of nitrogens with zero attached hydrogens (tertiary/aromatic N) is 2. The van der Waals surface area contributed by atoms with E-state index in [0.717, 1.165) is 19.9 Å². The van der Waals surface area contributed by atoms with Crippen molar-refractivity contribution in [3.8, 4) is 0 Å². The largest absolute Gasteiger partial charge is 0.352 e. The van der Waals surface area contributed by atoms with Crippen LogP contribution in [0.1, 0.15) is 30.5 Å². The molecule has 0 spiro atoms. The highest BCUT2D eigenvalue weighted by molar-refractivity contribution is 9.10. The van der Waals surface area contributed by atoms with Gasteiger partial charge in [0.15, 0.2) is 0 Å². The molecule has 230 valence electrons. The Morgan fingerprint density at radius 2 is 1.48 bits per heavy atom. The first-order chi connectivity index (χ1) is 21.0. The van der Waals surface area contributed by atoms with E-state index in [-0.39, 0.29) is 29.8 Å². The van der Waals surface area contributed by atoms with Crippen LogP contribution in [0, 0.1) is 6.92 Å². The fourth-order valence-corrected chi connectivity index (χ4v) is 6.84. The fourth-order valence-electron chi connectivity index (χ4n) is 4.85. The summed E-state index contributed by atoms with van der Waals surface area (Å²) in [6.45, 7) is 5.02. The van der Waals surface area contributed by atoms with Crippen molar-refractivity contribution in [2.24, 2.45) is 0 Å². The van der Waals surface area contributed by atoms with E-state index in [1.54, 1.807) is 43.3 Å². The number of carbonyl (C=O) groups excluding carboxylic acids is 2. The third kappa shape index (κ3) is 8.49. The summed E-state index contributed by atoms with van der Waals surface area (Å²) >= 11 is 9.67. The molecule has 0 fully saturated rings. The summed E-state index contributed by atoms with van der Waals surface area (Å²) in [4.78, 5) is 29.8. The molecule has 10 heteroatoms. The lowest BCUT2D eigenvalue weighted by molar-refractivity contribution is -0.140. The molecule has 44 heavy (non-hydrogen) atoms. The van der Waals surface area contributed by atoms with E-state index >= 15 is 0 Å². The zero-order chi connectivity index (χ0) is 31.9. The maximum absolute atomic E-state index is 14.5. The van der Waals surface area contributed by atoms with Crippen LogP contribution in [0.2, 0.25) is 5.02 Å². The number of benzene rings is 4. The normalized spacial score (nSPS) is 12.0. The number of anilines is 1. The van der Waals surface area contributed by atoms with Crippen LogP contribution >= 0.6 is 27.5 Å². The lowest BCUT2D eigenvalue weighted by atomic mass is 10.0. The Morgan fingerprint density at radius 3 is 2.07 bits per heavy atom. The number of nitrogens with one attached hydrogen (secondary N) is 1. The molecule has 7 nitrogen and oxygen atoms in total. The van der Waals surface area contributed by atoms with Gasteiger partial charge in [0.25, 0.3) is 10.0 Å². The first-order valence-electron chi connectivity index (χ1n) is 14.2. The van der Waals surface area contributed by atoms with E-state index in [4.69, 9.17) is 11.6 Å². The molecule has 4 aromatic rings. The number of rotatable bonds is 12. The van der Waals surface area contributed by atoms with E-state index < -0.39 is 28.5 Å². The highest BCUT2D eigenvalue weighted by Gasteiger charge is 2.35. The maximum Gasteiger partial charge on any atom is 0.264 e. The van der Waals surface area contributed by atoms with Crippen LogP contribution < -0.4 is 9.62 Å². The average Bonchev–Trinajstić information content (AvgIpc) is 2.99. The predicted molar refractivity (Wildman–Crippen MR) is 179 cm³/mol. The number of hydrogen-bond acceptors (Lipinski definition) is 4. The second-order valence-corrected chi connectivity index (χ2v) is 14.0. The van der Waals surface area contributed by atoms with Gasteiger partial charge in [-0.1, -0.05) is 88.2 Å². The minimum Gasteiger partial charge on any atom is -0.352 e. The molecule has 4 aromatic carbocycles. The van der Waals surface area contributed by atoms with Crippen molar-refractivity contribution in [1.82, 2.24) is 10.2 Å². The molecule has 1 N–H and O–H groups in total. The second kappa shape index (κ2) is 14.9. The summed E-state index contributed by atoms with van der Waals surface area (Å²) in [5, 5.41) is 3.41. The number of carbonyl (C=O) groups is 2. The quantitative estimate of drug-likeness (QED) is 0.177. The van der Waals surface area contributed by atoms with Crippen LogP contribution in [0.4, 0.5) is 5.69 Å². The molecule has 0 aliphatic carbocycles. The van der Waals surface area contributed by atoms with Gasteiger partial charge in [-0.3, -0.25) is 13.9 Å². The SMILES string of the molecule is Cc1cc(Cl)ccc1N(CC(=O)N(Cc1ccc(Br)cc1)[C@H](Cc1ccccc1)C(=O)NC(C)C)S(=O)(=O)c1ccccc1. The minimum absolute atomic E-state index is 0.0417. The molecule has 0 bridgehead atoms. The van der Waals surface area contributed by atoms with Gasteiger partial charge in [0.2, 0.25) is 11.8 Å². The van der Waals surface area contributed by atoms with Crippen LogP contribution in [-0.4, -0.2) is 43.8 Å². The average molecular weight is 697 g/mol. The Labute approximate surface area is 273 Å². The Hall–Kier alpha value is -3.66. The zero-order valence-electron chi connectivity index (χ0n) is 24.8. The number of sulfonamides is 1. The molecule has 0 heterocycles. The van der Waals surface area contributed by atoms with Crippen molar-refractivity contribution in [3.05, 3.63) is 129 Å². The molecule has 0 saturated heterocycles. The van der Waals surface area contributed by atoms with Gasteiger partial charge in [0, 0.05) is 28.5 Å². The summed E-state index contributed by atoms with van der Waals surface area (Å²) < 4.78 is 30.2. The Bertz CT molecular complexity index is 1690. The van der Waals surface area contributed by atoms with Gasteiger partial charge in [-0.25, -0.2) is 8.42 Å². The van der Waals surface area contributed by atoms with Gasteiger partial charge in [-0.15, -0.1) is 0 Å². The number of hydrogen-bond donors (Lipinski definition) is 1.